The second-order valence-electron chi connectivity index (χ2n) is 7.67. The maximum absolute atomic E-state index is 13.4. The van der Waals surface area contributed by atoms with E-state index in [-0.39, 0.29) is 17.1 Å². The van der Waals surface area contributed by atoms with Gasteiger partial charge in [-0.05, 0) is 32.6 Å². The highest BCUT2D eigenvalue weighted by atomic mass is 16.6. The van der Waals surface area contributed by atoms with E-state index in [4.69, 9.17) is 0 Å². The Balaban J connectivity index is 2.04. The van der Waals surface area contributed by atoms with Crippen LogP contribution in [0.15, 0.2) is 65.5 Å². The normalized spacial score (nSPS) is 10.9. The fraction of sp³-hybridized carbons (Fsp3) is 0.261. The molecule has 3 aromatic rings. The van der Waals surface area contributed by atoms with Crippen LogP contribution in [0.5, 0.6) is 0 Å². The zero-order chi connectivity index (χ0) is 23.3. The van der Waals surface area contributed by atoms with Gasteiger partial charge < -0.3 is 9.80 Å². The summed E-state index contributed by atoms with van der Waals surface area (Å²) >= 11 is 0. The Hall–Kier alpha value is -3.85. The fourth-order valence-electron chi connectivity index (χ4n) is 3.26. The fourth-order valence-corrected chi connectivity index (χ4v) is 3.26. The minimum absolute atomic E-state index is 0.168. The largest absolute Gasteiger partial charge is 0.332 e. The number of para-hydroxylation sites is 2. The van der Waals surface area contributed by atoms with E-state index in [1.807, 2.05) is 49.3 Å². The molecule has 0 fully saturated rings. The summed E-state index contributed by atoms with van der Waals surface area (Å²) in [6.07, 6.45) is 0. The van der Waals surface area contributed by atoms with Crippen molar-refractivity contribution in [3.05, 3.63) is 98.0 Å². The molecule has 0 saturated carbocycles. The smallest absolute Gasteiger partial charge is 0.294 e. The highest BCUT2D eigenvalue weighted by Crippen LogP contribution is 2.22. The van der Waals surface area contributed by atoms with Gasteiger partial charge in [-0.25, -0.2) is 4.68 Å². The Labute approximate surface area is 185 Å². The monoisotopic (exact) mass is 435 g/mol. The molecule has 166 valence electrons. The maximum Gasteiger partial charge on any atom is 0.294 e. The van der Waals surface area contributed by atoms with Gasteiger partial charge in [0.1, 0.15) is 5.69 Å². The SMILES string of the molecule is Cc1cc(=O)c(C(=O)N(CCN(C)C)Cc2ccccc2)nn1-c1ccccc1[N+](=O)[O-]. The summed E-state index contributed by atoms with van der Waals surface area (Å²) in [4.78, 5) is 40.6. The molecule has 1 aromatic heterocycles. The number of hydrogen-bond donors (Lipinski definition) is 0. The van der Waals surface area contributed by atoms with Crippen molar-refractivity contribution in [3.8, 4) is 5.69 Å². The molecule has 0 bridgehead atoms. The molecule has 3 rings (SSSR count). The number of aromatic nitrogens is 2. The van der Waals surface area contributed by atoms with Crippen molar-refractivity contribution < 1.29 is 9.72 Å². The third kappa shape index (κ3) is 5.25. The number of hydrogen-bond acceptors (Lipinski definition) is 6. The van der Waals surface area contributed by atoms with E-state index >= 15 is 0 Å². The molecule has 0 aliphatic carbocycles. The Kier molecular flexibility index (Phi) is 7.11. The molecule has 0 radical (unpaired) electrons. The van der Waals surface area contributed by atoms with Gasteiger partial charge in [-0.2, -0.15) is 5.10 Å². The second-order valence-corrected chi connectivity index (χ2v) is 7.67. The van der Waals surface area contributed by atoms with E-state index in [0.717, 1.165) is 5.56 Å². The molecule has 0 atom stereocenters. The molecular weight excluding hydrogens is 410 g/mol. The quantitative estimate of drug-likeness (QED) is 0.398. The molecule has 32 heavy (non-hydrogen) atoms. The summed E-state index contributed by atoms with van der Waals surface area (Å²) in [5.41, 5.74) is 0.536. The van der Waals surface area contributed by atoms with Crippen molar-refractivity contribution in [3.63, 3.8) is 0 Å². The first-order chi connectivity index (χ1) is 15.3. The zero-order valence-corrected chi connectivity index (χ0v) is 18.3. The first kappa shape index (κ1) is 22.8. The van der Waals surface area contributed by atoms with Crippen LogP contribution < -0.4 is 5.43 Å². The number of nitrogens with zero attached hydrogens (tertiary/aromatic N) is 5. The summed E-state index contributed by atoms with van der Waals surface area (Å²) in [5.74, 6) is -0.520. The summed E-state index contributed by atoms with van der Waals surface area (Å²) in [6.45, 7) is 2.92. The van der Waals surface area contributed by atoms with Gasteiger partial charge in [0.25, 0.3) is 11.6 Å². The molecule has 0 aliphatic rings. The summed E-state index contributed by atoms with van der Waals surface area (Å²) in [6, 6.07) is 16.8. The third-order valence-electron chi connectivity index (χ3n) is 4.94. The highest BCUT2D eigenvalue weighted by Gasteiger charge is 2.24. The Morgan fingerprint density at radius 3 is 2.38 bits per heavy atom. The second kappa shape index (κ2) is 9.97. The van der Waals surface area contributed by atoms with Crippen LogP contribution in [0.25, 0.3) is 5.69 Å². The average Bonchev–Trinajstić information content (AvgIpc) is 2.77. The Morgan fingerprint density at radius 1 is 1.06 bits per heavy atom. The van der Waals surface area contributed by atoms with Gasteiger partial charge in [0, 0.05) is 37.5 Å². The number of carbonyl (C=O) groups excluding carboxylic acids is 1. The number of likely N-dealkylation sites (N-methyl/N-ethyl adjacent to an activating group) is 1. The van der Waals surface area contributed by atoms with Crippen LogP contribution in [0.4, 0.5) is 5.69 Å². The molecule has 0 unspecified atom stereocenters. The number of rotatable bonds is 8. The van der Waals surface area contributed by atoms with Gasteiger partial charge in [0.15, 0.2) is 5.69 Å². The zero-order valence-electron chi connectivity index (χ0n) is 18.3. The van der Waals surface area contributed by atoms with Gasteiger partial charge >= 0.3 is 0 Å². The molecule has 1 heterocycles. The molecule has 9 heteroatoms. The number of carbonyl (C=O) groups is 1. The van der Waals surface area contributed by atoms with Crippen LogP contribution in [0, 0.1) is 17.0 Å². The van der Waals surface area contributed by atoms with Crippen molar-refractivity contribution in [2.45, 2.75) is 13.5 Å². The molecule has 9 nitrogen and oxygen atoms in total. The first-order valence-electron chi connectivity index (χ1n) is 10.1. The third-order valence-corrected chi connectivity index (χ3v) is 4.94. The lowest BCUT2D eigenvalue weighted by molar-refractivity contribution is -0.384. The molecule has 0 saturated heterocycles. The lowest BCUT2D eigenvalue weighted by Gasteiger charge is -2.24. The Morgan fingerprint density at radius 2 is 1.72 bits per heavy atom. The van der Waals surface area contributed by atoms with Crippen molar-refractivity contribution in [1.82, 2.24) is 19.6 Å². The molecule has 0 aliphatic heterocycles. The highest BCUT2D eigenvalue weighted by molar-refractivity contribution is 5.92. The van der Waals surface area contributed by atoms with Crippen LogP contribution in [0.3, 0.4) is 0 Å². The van der Waals surface area contributed by atoms with Crippen LogP contribution in [-0.2, 0) is 6.54 Å². The van der Waals surface area contributed by atoms with Crippen molar-refractivity contribution in [1.29, 1.82) is 0 Å². The van der Waals surface area contributed by atoms with E-state index in [1.54, 1.807) is 24.0 Å². The predicted molar refractivity (Wildman–Crippen MR) is 121 cm³/mol. The first-order valence-corrected chi connectivity index (χ1v) is 10.1. The van der Waals surface area contributed by atoms with Crippen molar-refractivity contribution in [2.75, 3.05) is 27.2 Å². The summed E-state index contributed by atoms with van der Waals surface area (Å²) < 4.78 is 1.28. The topological polar surface area (TPSA) is 102 Å². The predicted octanol–water partition coefficient (Wildman–Crippen LogP) is 2.65. The van der Waals surface area contributed by atoms with Crippen molar-refractivity contribution >= 4 is 11.6 Å². The van der Waals surface area contributed by atoms with Crippen LogP contribution in [-0.4, -0.2) is 57.6 Å². The lowest BCUT2D eigenvalue weighted by atomic mass is 10.2. The van der Waals surface area contributed by atoms with Crippen molar-refractivity contribution in [2.24, 2.45) is 0 Å². The maximum atomic E-state index is 13.4. The van der Waals surface area contributed by atoms with Crippen LogP contribution in [0.2, 0.25) is 0 Å². The molecule has 0 spiro atoms. The van der Waals surface area contributed by atoms with Gasteiger partial charge in [0.05, 0.1) is 4.92 Å². The van der Waals surface area contributed by atoms with E-state index in [0.29, 0.717) is 25.3 Å². The number of nitro benzene ring substituents is 1. The summed E-state index contributed by atoms with van der Waals surface area (Å²) in [5, 5.41) is 15.7. The van der Waals surface area contributed by atoms with Crippen LogP contribution in [0.1, 0.15) is 21.7 Å². The van der Waals surface area contributed by atoms with Gasteiger partial charge in [0.2, 0.25) is 5.43 Å². The van der Waals surface area contributed by atoms with E-state index in [2.05, 4.69) is 5.10 Å². The molecule has 0 N–H and O–H groups in total. The number of amides is 1. The minimum Gasteiger partial charge on any atom is -0.332 e. The number of aryl methyl sites for hydroxylation is 1. The van der Waals surface area contributed by atoms with E-state index in [1.165, 1.54) is 22.9 Å². The average molecular weight is 435 g/mol. The lowest BCUT2D eigenvalue weighted by Crippen LogP contribution is -2.39. The van der Waals surface area contributed by atoms with E-state index in [9.17, 15) is 19.7 Å². The Bertz CT molecular complexity index is 1170. The van der Waals surface area contributed by atoms with Crippen LogP contribution >= 0.6 is 0 Å². The standard InChI is InChI=1S/C23H25N5O4/c1-17-15-21(29)22(24-27(17)19-11-7-8-12-20(19)28(31)32)23(30)26(14-13-25(2)3)16-18-9-5-4-6-10-18/h4-12,15H,13-14,16H2,1-3H3. The minimum atomic E-state index is -0.523. The van der Waals surface area contributed by atoms with E-state index < -0.39 is 16.3 Å². The molecule has 1 amide bonds. The van der Waals surface area contributed by atoms with Gasteiger partial charge in [-0.1, -0.05) is 42.5 Å². The number of benzene rings is 2. The molecular formula is C23H25N5O4. The number of nitro groups is 1. The van der Waals surface area contributed by atoms with Gasteiger partial charge in [-0.15, -0.1) is 0 Å². The summed E-state index contributed by atoms with van der Waals surface area (Å²) in [7, 11) is 3.80. The van der Waals surface area contributed by atoms with Gasteiger partial charge in [-0.3, -0.25) is 19.7 Å². The molecule has 2 aromatic carbocycles.